The lowest BCUT2D eigenvalue weighted by Crippen LogP contribution is -2.39. The van der Waals surface area contributed by atoms with Gasteiger partial charge in [-0.1, -0.05) is 25.9 Å². The standard InChI is InChI=1S/C14H26N4O/c1-4-13-16-14(19-17-13)10-18(8-11(2)3)9-12-6-5-7-15-12/h11-12,15H,4-10H2,1-3H3. The number of aryl methyl sites for hydroxylation is 1. The molecule has 5 nitrogen and oxygen atoms in total. The van der Waals surface area contributed by atoms with E-state index in [0.29, 0.717) is 12.0 Å². The number of rotatable bonds is 7. The molecule has 1 saturated heterocycles. The van der Waals surface area contributed by atoms with E-state index in [1.807, 2.05) is 6.92 Å². The van der Waals surface area contributed by atoms with Crippen LogP contribution in [0.25, 0.3) is 0 Å². The van der Waals surface area contributed by atoms with Crippen LogP contribution in [0.3, 0.4) is 0 Å². The van der Waals surface area contributed by atoms with Gasteiger partial charge in [-0.05, 0) is 25.3 Å². The highest BCUT2D eigenvalue weighted by Crippen LogP contribution is 2.11. The third-order valence-corrected chi connectivity index (χ3v) is 3.45. The maximum atomic E-state index is 5.31. The number of aromatic nitrogens is 2. The lowest BCUT2D eigenvalue weighted by atomic mass is 10.1. The second kappa shape index (κ2) is 7.01. The molecule has 1 atom stereocenters. The molecule has 0 saturated carbocycles. The second-order valence-electron chi connectivity index (χ2n) is 5.84. The van der Waals surface area contributed by atoms with Crippen LogP contribution in [-0.4, -0.2) is 40.7 Å². The molecule has 0 spiro atoms. The minimum atomic E-state index is 0.618. The highest BCUT2D eigenvalue weighted by molar-refractivity contribution is 4.87. The van der Waals surface area contributed by atoms with Crippen LogP contribution in [-0.2, 0) is 13.0 Å². The largest absolute Gasteiger partial charge is 0.338 e. The summed E-state index contributed by atoms with van der Waals surface area (Å²) in [6.45, 7) is 10.6. The lowest BCUT2D eigenvalue weighted by molar-refractivity contribution is 0.190. The number of hydrogen-bond acceptors (Lipinski definition) is 5. The molecular formula is C14H26N4O. The predicted octanol–water partition coefficient (Wildman–Crippen LogP) is 1.84. The van der Waals surface area contributed by atoms with Crippen molar-refractivity contribution < 1.29 is 4.52 Å². The zero-order valence-corrected chi connectivity index (χ0v) is 12.4. The normalized spacial score (nSPS) is 19.7. The molecule has 108 valence electrons. The van der Waals surface area contributed by atoms with Gasteiger partial charge in [-0.2, -0.15) is 4.98 Å². The molecule has 1 N–H and O–H groups in total. The van der Waals surface area contributed by atoms with E-state index in [2.05, 4.69) is 34.2 Å². The monoisotopic (exact) mass is 266 g/mol. The van der Waals surface area contributed by atoms with Crippen molar-refractivity contribution in [1.82, 2.24) is 20.4 Å². The van der Waals surface area contributed by atoms with Gasteiger partial charge in [0.25, 0.3) is 0 Å². The zero-order valence-electron chi connectivity index (χ0n) is 12.4. The summed E-state index contributed by atoms with van der Waals surface area (Å²) in [5.41, 5.74) is 0. The van der Waals surface area contributed by atoms with Gasteiger partial charge >= 0.3 is 0 Å². The zero-order chi connectivity index (χ0) is 13.7. The summed E-state index contributed by atoms with van der Waals surface area (Å²) in [5.74, 6) is 2.20. The predicted molar refractivity (Wildman–Crippen MR) is 74.8 cm³/mol. The van der Waals surface area contributed by atoms with E-state index in [1.165, 1.54) is 12.8 Å². The van der Waals surface area contributed by atoms with Gasteiger partial charge in [0.15, 0.2) is 5.82 Å². The van der Waals surface area contributed by atoms with E-state index in [-0.39, 0.29) is 0 Å². The molecule has 0 aliphatic carbocycles. The molecule has 19 heavy (non-hydrogen) atoms. The maximum absolute atomic E-state index is 5.31. The van der Waals surface area contributed by atoms with E-state index in [9.17, 15) is 0 Å². The second-order valence-corrected chi connectivity index (χ2v) is 5.84. The van der Waals surface area contributed by atoms with Crippen LogP contribution in [0.4, 0.5) is 0 Å². The summed E-state index contributed by atoms with van der Waals surface area (Å²) in [6, 6.07) is 0.618. The van der Waals surface area contributed by atoms with Crippen molar-refractivity contribution in [3.63, 3.8) is 0 Å². The Hall–Kier alpha value is -0.940. The molecule has 0 aromatic carbocycles. The van der Waals surface area contributed by atoms with Crippen LogP contribution in [0.2, 0.25) is 0 Å². The Kier molecular flexibility index (Phi) is 5.34. The fraction of sp³-hybridized carbons (Fsp3) is 0.857. The van der Waals surface area contributed by atoms with E-state index >= 15 is 0 Å². The van der Waals surface area contributed by atoms with Gasteiger partial charge in [0.2, 0.25) is 5.89 Å². The van der Waals surface area contributed by atoms with Gasteiger partial charge in [0, 0.05) is 25.6 Å². The number of hydrogen-bond donors (Lipinski definition) is 1. The molecule has 1 aliphatic rings. The number of nitrogens with zero attached hydrogens (tertiary/aromatic N) is 3. The molecule has 1 fully saturated rings. The quantitative estimate of drug-likeness (QED) is 0.816. The van der Waals surface area contributed by atoms with E-state index < -0.39 is 0 Å². The van der Waals surface area contributed by atoms with Crippen molar-refractivity contribution >= 4 is 0 Å². The Morgan fingerprint density at radius 3 is 2.89 bits per heavy atom. The Balaban J connectivity index is 1.91. The Bertz CT molecular complexity index is 371. The molecule has 0 bridgehead atoms. The first-order valence-electron chi connectivity index (χ1n) is 7.44. The topological polar surface area (TPSA) is 54.2 Å². The highest BCUT2D eigenvalue weighted by Gasteiger charge is 2.20. The molecule has 1 aromatic heterocycles. The van der Waals surface area contributed by atoms with Crippen LogP contribution in [0.15, 0.2) is 4.52 Å². The summed E-state index contributed by atoms with van der Waals surface area (Å²) >= 11 is 0. The average Bonchev–Trinajstić information content (AvgIpc) is 2.99. The summed E-state index contributed by atoms with van der Waals surface area (Å²) in [6.07, 6.45) is 3.40. The van der Waals surface area contributed by atoms with Crippen LogP contribution in [0, 0.1) is 5.92 Å². The third kappa shape index (κ3) is 4.58. The maximum Gasteiger partial charge on any atom is 0.240 e. The van der Waals surface area contributed by atoms with E-state index in [1.54, 1.807) is 0 Å². The lowest BCUT2D eigenvalue weighted by Gasteiger charge is -2.25. The molecule has 0 radical (unpaired) electrons. The molecule has 2 heterocycles. The van der Waals surface area contributed by atoms with Crippen molar-refractivity contribution in [3.05, 3.63) is 11.7 Å². The smallest absolute Gasteiger partial charge is 0.240 e. The third-order valence-electron chi connectivity index (χ3n) is 3.45. The Morgan fingerprint density at radius 1 is 1.47 bits per heavy atom. The average molecular weight is 266 g/mol. The fourth-order valence-electron chi connectivity index (χ4n) is 2.63. The molecular weight excluding hydrogens is 240 g/mol. The highest BCUT2D eigenvalue weighted by atomic mass is 16.5. The van der Waals surface area contributed by atoms with E-state index in [4.69, 9.17) is 4.52 Å². The molecule has 0 amide bonds. The molecule has 2 rings (SSSR count). The molecule has 5 heteroatoms. The van der Waals surface area contributed by atoms with Crippen LogP contribution in [0.1, 0.15) is 45.3 Å². The van der Waals surface area contributed by atoms with Crippen molar-refractivity contribution in [2.45, 2.75) is 52.6 Å². The first kappa shape index (κ1) is 14.5. The Labute approximate surface area is 115 Å². The summed E-state index contributed by atoms with van der Waals surface area (Å²) in [5, 5.41) is 7.52. The molecule has 1 aliphatic heterocycles. The van der Waals surface area contributed by atoms with Gasteiger partial charge in [0.05, 0.1) is 6.54 Å². The minimum absolute atomic E-state index is 0.618. The minimum Gasteiger partial charge on any atom is -0.338 e. The van der Waals surface area contributed by atoms with Crippen molar-refractivity contribution in [2.24, 2.45) is 5.92 Å². The first-order chi connectivity index (χ1) is 9.17. The van der Waals surface area contributed by atoms with Crippen LogP contribution in [0.5, 0.6) is 0 Å². The van der Waals surface area contributed by atoms with Crippen LogP contribution < -0.4 is 5.32 Å². The number of nitrogens with one attached hydrogen (secondary N) is 1. The van der Waals surface area contributed by atoms with Gasteiger partial charge < -0.3 is 9.84 Å². The molecule has 1 unspecified atom stereocenters. The summed E-state index contributed by atoms with van der Waals surface area (Å²) in [4.78, 5) is 6.84. The Morgan fingerprint density at radius 2 is 2.32 bits per heavy atom. The van der Waals surface area contributed by atoms with Crippen molar-refractivity contribution in [3.8, 4) is 0 Å². The van der Waals surface area contributed by atoms with Gasteiger partial charge in [-0.3, -0.25) is 4.90 Å². The summed E-state index contributed by atoms with van der Waals surface area (Å²) in [7, 11) is 0. The van der Waals surface area contributed by atoms with Gasteiger partial charge in [-0.25, -0.2) is 0 Å². The van der Waals surface area contributed by atoms with Crippen molar-refractivity contribution in [1.29, 1.82) is 0 Å². The first-order valence-corrected chi connectivity index (χ1v) is 7.44. The fourth-order valence-corrected chi connectivity index (χ4v) is 2.63. The molecule has 1 aromatic rings. The van der Waals surface area contributed by atoms with Crippen LogP contribution >= 0.6 is 0 Å². The SMILES string of the molecule is CCc1noc(CN(CC(C)C)CC2CCCN2)n1. The van der Waals surface area contributed by atoms with E-state index in [0.717, 1.165) is 44.3 Å². The summed E-state index contributed by atoms with van der Waals surface area (Å²) < 4.78 is 5.31. The van der Waals surface area contributed by atoms with Crippen molar-refractivity contribution in [2.75, 3.05) is 19.6 Å². The van der Waals surface area contributed by atoms with Gasteiger partial charge in [-0.15, -0.1) is 0 Å². The van der Waals surface area contributed by atoms with Gasteiger partial charge in [0.1, 0.15) is 0 Å².